The third-order valence-corrected chi connectivity index (χ3v) is 7.00. The Balaban J connectivity index is 1.59. The van der Waals surface area contributed by atoms with Crippen molar-refractivity contribution in [2.75, 3.05) is 17.7 Å². The van der Waals surface area contributed by atoms with Gasteiger partial charge in [0.15, 0.2) is 5.78 Å². The van der Waals surface area contributed by atoms with Gasteiger partial charge in [0, 0.05) is 23.6 Å². The lowest BCUT2D eigenvalue weighted by Crippen LogP contribution is -2.27. The van der Waals surface area contributed by atoms with Gasteiger partial charge >= 0.3 is 0 Å². The molecule has 34 heavy (non-hydrogen) atoms. The minimum Gasteiger partial charge on any atom is -0.496 e. The molecule has 2 N–H and O–H groups in total. The van der Waals surface area contributed by atoms with Crippen LogP contribution in [-0.2, 0) is 10.2 Å². The summed E-state index contributed by atoms with van der Waals surface area (Å²) in [6.07, 6.45) is 1.23. The predicted molar refractivity (Wildman–Crippen MR) is 139 cm³/mol. The van der Waals surface area contributed by atoms with Crippen LogP contribution in [0.25, 0.3) is 0 Å². The summed E-state index contributed by atoms with van der Waals surface area (Å²) in [4.78, 5) is 13.7. The van der Waals surface area contributed by atoms with Crippen LogP contribution in [0.15, 0.2) is 84.1 Å². The number of benzene rings is 3. The number of Topliss-reactive ketones (excluding diaryl/α,β-unsaturated/α-hetero) is 1. The zero-order valence-corrected chi connectivity index (χ0v) is 20.3. The van der Waals surface area contributed by atoms with E-state index in [0.29, 0.717) is 6.42 Å². The average molecular weight is 453 g/mol. The van der Waals surface area contributed by atoms with Crippen molar-refractivity contribution in [3.8, 4) is 5.75 Å². The number of hydrogen-bond acceptors (Lipinski definition) is 4. The average Bonchev–Trinajstić information content (AvgIpc) is 3.00. The molecule has 0 aromatic heterocycles. The second-order valence-corrected chi connectivity index (χ2v) is 10.3. The predicted octanol–water partition coefficient (Wildman–Crippen LogP) is 6.97. The standard InChI is InChI=1S/C30H32N2O2/c1-30(2,3)21-15-13-19(14-16-21)29-28-25(31-23-10-6-7-11-24(23)32-29)17-20(18-26(28)33)22-9-5-8-12-27(22)34-4/h5-16,20,29,31-32H,17-18H2,1-4H3. The first-order valence-corrected chi connectivity index (χ1v) is 12.0. The molecule has 4 heteroatoms. The molecule has 0 saturated carbocycles. The number of methoxy groups -OCH3 is 1. The molecule has 1 aliphatic heterocycles. The zero-order chi connectivity index (χ0) is 23.9. The molecule has 174 valence electrons. The van der Waals surface area contributed by atoms with Crippen molar-refractivity contribution < 1.29 is 9.53 Å². The van der Waals surface area contributed by atoms with Gasteiger partial charge in [-0.05, 0) is 46.7 Å². The van der Waals surface area contributed by atoms with Crippen molar-refractivity contribution in [1.82, 2.24) is 0 Å². The molecule has 4 nitrogen and oxygen atoms in total. The number of ketones is 1. The Labute approximate surface area is 202 Å². The molecule has 0 spiro atoms. The number of carbonyl (C=O) groups excluding carboxylic acids is 1. The Morgan fingerprint density at radius 1 is 0.853 bits per heavy atom. The van der Waals surface area contributed by atoms with E-state index in [1.165, 1.54) is 5.56 Å². The van der Waals surface area contributed by atoms with E-state index in [4.69, 9.17) is 4.74 Å². The van der Waals surface area contributed by atoms with Crippen molar-refractivity contribution in [3.63, 3.8) is 0 Å². The molecule has 1 heterocycles. The Morgan fingerprint density at radius 3 is 2.24 bits per heavy atom. The van der Waals surface area contributed by atoms with Gasteiger partial charge in [0.1, 0.15) is 5.75 Å². The number of anilines is 2. The molecule has 1 aliphatic carbocycles. The van der Waals surface area contributed by atoms with Crippen LogP contribution in [0.3, 0.4) is 0 Å². The summed E-state index contributed by atoms with van der Waals surface area (Å²) in [7, 11) is 1.69. The molecule has 3 aromatic carbocycles. The maximum absolute atomic E-state index is 13.7. The number of rotatable bonds is 3. The van der Waals surface area contributed by atoms with Gasteiger partial charge in [-0.1, -0.05) is 75.4 Å². The molecule has 5 rings (SSSR count). The first kappa shape index (κ1) is 22.3. The molecule has 0 radical (unpaired) electrons. The van der Waals surface area contributed by atoms with Crippen LogP contribution in [0, 0.1) is 0 Å². The van der Waals surface area contributed by atoms with Crippen LogP contribution in [0.4, 0.5) is 11.4 Å². The van der Waals surface area contributed by atoms with E-state index < -0.39 is 0 Å². The number of carbonyl (C=O) groups is 1. The maximum Gasteiger partial charge on any atom is 0.163 e. The van der Waals surface area contributed by atoms with E-state index in [-0.39, 0.29) is 23.2 Å². The molecule has 0 saturated heterocycles. The first-order valence-electron chi connectivity index (χ1n) is 12.0. The SMILES string of the molecule is COc1ccccc1C1CC(=O)C2=C(C1)Nc1ccccc1NC2c1ccc(C(C)(C)C)cc1. The highest BCUT2D eigenvalue weighted by Gasteiger charge is 2.36. The quantitative estimate of drug-likeness (QED) is 0.450. The zero-order valence-electron chi connectivity index (χ0n) is 20.3. The van der Waals surface area contributed by atoms with Gasteiger partial charge in [-0.25, -0.2) is 0 Å². The van der Waals surface area contributed by atoms with Gasteiger partial charge in [-0.2, -0.15) is 0 Å². The van der Waals surface area contributed by atoms with Crippen LogP contribution in [0.5, 0.6) is 5.75 Å². The molecular formula is C30H32N2O2. The van der Waals surface area contributed by atoms with E-state index in [1.807, 2.05) is 30.3 Å². The van der Waals surface area contributed by atoms with Gasteiger partial charge in [0.25, 0.3) is 0 Å². The highest BCUT2D eigenvalue weighted by atomic mass is 16.5. The number of para-hydroxylation sites is 3. The van der Waals surface area contributed by atoms with Crippen LogP contribution in [-0.4, -0.2) is 12.9 Å². The lowest BCUT2D eigenvalue weighted by molar-refractivity contribution is -0.116. The minimum absolute atomic E-state index is 0.0732. The van der Waals surface area contributed by atoms with E-state index in [0.717, 1.165) is 45.9 Å². The van der Waals surface area contributed by atoms with Gasteiger partial charge in [-0.3, -0.25) is 4.79 Å². The van der Waals surface area contributed by atoms with Gasteiger partial charge < -0.3 is 15.4 Å². The van der Waals surface area contributed by atoms with Crippen molar-refractivity contribution in [3.05, 3.63) is 101 Å². The molecule has 0 amide bonds. The summed E-state index contributed by atoms with van der Waals surface area (Å²) in [5.74, 6) is 1.09. The monoisotopic (exact) mass is 452 g/mol. The summed E-state index contributed by atoms with van der Waals surface area (Å²) in [6, 6.07) is 24.7. The largest absolute Gasteiger partial charge is 0.496 e. The van der Waals surface area contributed by atoms with Crippen LogP contribution >= 0.6 is 0 Å². The highest BCUT2D eigenvalue weighted by molar-refractivity contribution is 6.01. The summed E-state index contributed by atoms with van der Waals surface area (Å²) < 4.78 is 5.62. The first-order chi connectivity index (χ1) is 16.3. The van der Waals surface area contributed by atoms with Crippen molar-refractivity contribution >= 4 is 17.2 Å². The molecule has 3 aromatic rings. The number of ether oxygens (including phenoxy) is 1. The molecule has 2 atom stereocenters. The minimum atomic E-state index is -0.203. The maximum atomic E-state index is 13.7. The van der Waals surface area contributed by atoms with Gasteiger partial charge in [0.2, 0.25) is 0 Å². The Morgan fingerprint density at radius 2 is 1.53 bits per heavy atom. The summed E-state index contributed by atoms with van der Waals surface area (Å²) in [5, 5.41) is 7.29. The summed E-state index contributed by atoms with van der Waals surface area (Å²) in [5.41, 5.74) is 7.38. The molecular weight excluding hydrogens is 420 g/mol. The fourth-order valence-corrected chi connectivity index (χ4v) is 5.14. The van der Waals surface area contributed by atoms with E-state index >= 15 is 0 Å². The molecule has 0 fully saturated rings. The Bertz CT molecular complexity index is 1250. The molecule has 2 unspecified atom stereocenters. The number of hydrogen-bond donors (Lipinski definition) is 2. The van der Waals surface area contributed by atoms with Gasteiger partial charge in [-0.15, -0.1) is 0 Å². The number of allylic oxidation sites excluding steroid dienone is 1. The van der Waals surface area contributed by atoms with Gasteiger partial charge in [0.05, 0.1) is 24.5 Å². The third-order valence-electron chi connectivity index (χ3n) is 7.00. The lowest BCUT2D eigenvalue weighted by atomic mass is 9.78. The second-order valence-electron chi connectivity index (χ2n) is 10.3. The normalized spacial score (nSPS) is 19.9. The van der Waals surface area contributed by atoms with E-state index in [2.05, 4.69) is 73.9 Å². The fourth-order valence-electron chi connectivity index (χ4n) is 5.14. The summed E-state index contributed by atoms with van der Waals surface area (Å²) >= 11 is 0. The number of fused-ring (bicyclic) bond motifs is 1. The topological polar surface area (TPSA) is 50.4 Å². The van der Waals surface area contributed by atoms with Crippen LogP contribution < -0.4 is 15.4 Å². The lowest BCUT2D eigenvalue weighted by Gasteiger charge is -2.30. The smallest absolute Gasteiger partial charge is 0.163 e. The summed E-state index contributed by atoms with van der Waals surface area (Å²) in [6.45, 7) is 6.65. The van der Waals surface area contributed by atoms with Crippen molar-refractivity contribution in [2.45, 2.75) is 51.0 Å². The third kappa shape index (κ3) is 4.09. The highest BCUT2D eigenvalue weighted by Crippen LogP contribution is 2.45. The van der Waals surface area contributed by atoms with Crippen molar-refractivity contribution in [2.24, 2.45) is 0 Å². The van der Waals surface area contributed by atoms with Crippen LogP contribution in [0.1, 0.15) is 62.3 Å². The van der Waals surface area contributed by atoms with Crippen molar-refractivity contribution in [1.29, 1.82) is 0 Å². The Kier molecular flexibility index (Phi) is 5.68. The second kappa shape index (κ2) is 8.68. The van der Waals surface area contributed by atoms with E-state index in [9.17, 15) is 4.79 Å². The number of nitrogens with one attached hydrogen (secondary N) is 2. The fraction of sp³-hybridized carbons (Fsp3) is 0.300. The Hall–Kier alpha value is -3.53. The van der Waals surface area contributed by atoms with Crippen LogP contribution in [0.2, 0.25) is 0 Å². The molecule has 0 bridgehead atoms. The molecule has 2 aliphatic rings. The van der Waals surface area contributed by atoms with E-state index in [1.54, 1.807) is 7.11 Å².